The fourth-order valence-corrected chi connectivity index (χ4v) is 2.06. The van der Waals surface area contributed by atoms with Gasteiger partial charge in [-0.15, -0.1) is 0 Å². The highest BCUT2D eigenvalue weighted by molar-refractivity contribution is 5.96. The second-order valence-electron chi connectivity index (χ2n) is 5.31. The largest absolute Gasteiger partial charge is 0.355 e. The summed E-state index contributed by atoms with van der Waals surface area (Å²) in [5, 5.41) is 11.2. The molecule has 0 saturated carbocycles. The van der Waals surface area contributed by atoms with E-state index in [1.54, 1.807) is 13.8 Å². The van der Waals surface area contributed by atoms with Crippen molar-refractivity contribution in [1.29, 1.82) is 0 Å². The summed E-state index contributed by atoms with van der Waals surface area (Å²) < 4.78 is 5.14. The summed E-state index contributed by atoms with van der Waals surface area (Å²) in [5.74, 6) is -0.836. The molecule has 0 bridgehead atoms. The van der Waals surface area contributed by atoms with Gasteiger partial charge in [0.25, 0.3) is 5.91 Å². The number of hydrogen-bond acceptors (Lipinski definition) is 5. The summed E-state index contributed by atoms with van der Waals surface area (Å²) in [7, 11) is 0. The average Bonchev–Trinajstić information content (AvgIpc) is 3.11. The summed E-state index contributed by atoms with van der Waals surface area (Å²) in [6.07, 6.45) is 0. The molecule has 1 atom stereocenters. The lowest BCUT2D eigenvalue weighted by atomic mass is 10.1. The Labute approximate surface area is 145 Å². The number of nitrogens with one attached hydrogen (secondary N) is 3. The number of amides is 3. The Morgan fingerprint density at radius 2 is 1.88 bits per heavy atom. The van der Waals surface area contributed by atoms with Gasteiger partial charge in [-0.1, -0.05) is 35.5 Å². The Morgan fingerprint density at radius 3 is 2.56 bits per heavy atom. The van der Waals surface area contributed by atoms with Crippen LogP contribution in [0.5, 0.6) is 0 Å². The molecular weight excluding hydrogens is 324 g/mol. The number of aromatic nitrogens is 1. The van der Waals surface area contributed by atoms with Gasteiger partial charge in [-0.3, -0.25) is 14.4 Å². The molecular formula is C17H20N4O4. The number of nitrogens with zero attached hydrogens (tertiary/aromatic N) is 1. The summed E-state index contributed by atoms with van der Waals surface area (Å²) >= 11 is 0. The number of benzene rings is 1. The molecule has 1 aromatic carbocycles. The third-order valence-electron chi connectivity index (χ3n) is 3.33. The van der Waals surface area contributed by atoms with Gasteiger partial charge in [0, 0.05) is 18.2 Å². The summed E-state index contributed by atoms with van der Waals surface area (Å²) in [4.78, 5) is 35.3. The van der Waals surface area contributed by atoms with E-state index in [9.17, 15) is 14.4 Å². The lowest BCUT2D eigenvalue weighted by Gasteiger charge is -2.13. The van der Waals surface area contributed by atoms with Crippen LogP contribution in [-0.2, 0) is 9.59 Å². The van der Waals surface area contributed by atoms with Gasteiger partial charge < -0.3 is 20.5 Å². The van der Waals surface area contributed by atoms with Crippen LogP contribution < -0.4 is 16.0 Å². The van der Waals surface area contributed by atoms with Crippen LogP contribution in [0.1, 0.15) is 24.3 Å². The van der Waals surface area contributed by atoms with Crippen LogP contribution in [-0.4, -0.2) is 42.0 Å². The molecule has 1 heterocycles. The van der Waals surface area contributed by atoms with Crippen LogP contribution in [0.15, 0.2) is 40.9 Å². The van der Waals surface area contributed by atoms with Crippen LogP contribution >= 0.6 is 0 Å². The maximum atomic E-state index is 12.0. The van der Waals surface area contributed by atoms with Crippen molar-refractivity contribution in [1.82, 2.24) is 21.1 Å². The smallest absolute Gasteiger partial charge is 0.273 e. The molecule has 1 unspecified atom stereocenters. The van der Waals surface area contributed by atoms with Crippen molar-refractivity contribution in [3.8, 4) is 11.3 Å². The van der Waals surface area contributed by atoms with Gasteiger partial charge in [-0.25, -0.2) is 0 Å². The SMILES string of the molecule is CCNC(=O)C(C)NC(=O)CNC(=O)c1cc(-c2ccccc2)on1. The number of likely N-dealkylation sites (N-methyl/N-ethyl adjacent to an activating group) is 1. The van der Waals surface area contributed by atoms with Gasteiger partial charge in [0.15, 0.2) is 11.5 Å². The lowest BCUT2D eigenvalue weighted by Crippen LogP contribution is -2.47. The zero-order chi connectivity index (χ0) is 18.2. The summed E-state index contributed by atoms with van der Waals surface area (Å²) in [6, 6.07) is 10.0. The van der Waals surface area contributed by atoms with E-state index in [0.29, 0.717) is 12.3 Å². The molecule has 3 N–H and O–H groups in total. The van der Waals surface area contributed by atoms with E-state index in [-0.39, 0.29) is 18.1 Å². The molecule has 8 nitrogen and oxygen atoms in total. The lowest BCUT2D eigenvalue weighted by molar-refractivity contribution is -0.128. The molecule has 0 spiro atoms. The minimum absolute atomic E-state index is 0.0726. The molecule has 1 aromatic heterocycles. The minimum atomic E-state index is -0.680. The third-order valence-corrected chi connectivity index (χ3v) is 3.33. The van der Waals surface area contributed by atoms with E-state index >= 15 is 0 Å². The first-order chi connectivity index (χ1) is 12.0. The maximum Gasteiger partial charge on any atom is 0.273 e. The van der Waals surface area contributed by atoms with Crippen LogP contribution in [0.2, 0.25) is 0 Å². The second kappa shape index (κ2) is 8.62. The van der Waals surface area contributed by atoms with Crippen LogP contribution in [0, 0.1) is 0 Å². The van der Waals surface area contributed by atoms with E-state index in [0.717, 1.165) is 5.56 Å². The third kappa shape index (κ3) is 5.17. The topological polar surface area (TPSA) is 113 Å². The number of rotatable bonds is 7. The average molecular weight is 344 g/mol. The van der Waals surface area contributed by atoms with Crippen molar-refractivity contribution < 1.29 is 18.9 Å². The highest BCUT2D eigenvalue weighted by Gasteiger charge is 2.17. The van der Waals surface area contributed by atoms with Crippen molar-refractivity contribution in [3.63, 3.8) is 0 Å². The van der Waals surface area contributed by atoms with E-state index in [1.165, 1.54) is 6.07 Å². The first kappa shape index (κ1) is 18.2. The van der Waals surface area contributed by atoms with E-state index in [4.69, 9.17) is 4.52 Å². The molecule has 0 fully saturated rings. The highest BCUT2D eigenvalue weighted by Crippen LogP contribution is 2.19. The fraction of sp³-hybridized carbons (Fsp3) is 0.294. The molecule has 25 heavy (non-hydrogen) atoms. The normalized spacial score (nSPS) is 11.4. The Hall–Kier alpha value is -3.16. The Bertz CT molecular complexity index is 742. The van der Waals surface area contributed by atoms with Gasteiger partial charge in [0.2, 0.25) is 11.8 Å². The molecule has 0 aliphatic heterocycles. The van der Waals surface area contributed by atoms with Gasteiger partial charge in [-0.05, 0) is 13.8 Å². The zero-order valence-corrected chi connectivity index (χ0v) is 14.0. The Balaban J connectivity index is 1.85. The number of carbonyl (C=O) groups excluding carboxylic acids is 3. The predicted molar refractivity (Wildman–Crippen MR) is 90.6 cm³/mol. The minimum Gasteiger partial charge on any atom is -0.355 e. The molecule has 0 radical (unpaired) electrons. The van der Waals surface area contributed by atoms with Gasteiger partial charge in [-0.2, -0.15) is 0 Å². The molecule has 0 saturated heterocycles. The van der Waals surface area contributed by atoms with Crippen molar-refractivity contribution in [3.05, 3.63) is 42.1 Å². The number of carbonyl (C=O) groups is 3. The van der Waals surface area contributed by atoms with Gasteiger partial charge >= 0.3 is 0 Å². The molecule has 0 aliphatic rings. The van der Waals surface area contributed by atoms with Crippen molar-refractivity contribution in [2.24, 2.45) is 0 Å². The standard InChI is InChI=1S/C17H20N4O4/c1-3-18-16(23)11(2)20-15(22)10-19-17(24)13-9-14(25-21-13)12-7-5-4-6-8-12/h4-9,11H,3,10H2,1-2H3,(H,18,23)(H,19,24)(H,20,22). The predicted octanol–water partition coefficient (Wildman–Crippen LogP) is 0.712. The van der Waals surface area contributed by atoms with Crippen molar-refractivity contribution >= 4 is 17.7 Å². The Kier molecular flexibility index (Phi) is 6.27. The molecule has 132 valence electrons. The highest BCUT2D eigenvalue weighted by atomic mass is 16.5. The fourth-order valence-electron chi connectivity index (χ4n) is 2.06. The molecule has 3 amide bonds. The van der Waals surface area contributed by atoms with Crippen LogP contribution in [0.25, 0.3) is 11.3 Å². The summed E-state index contributed by atoms with van der Waals surface area (Å²) in [5.41, 5.74) is 0.867. The first-order valence-electron chi connectivity index (χ1n) is 7.88. The van der Waals surface area contributed by atoms with Crippen molar-refractivity contribution in [2.45, 2.75) is 19.9 Å². The zero-order valence-electron chi connectivity index (χ0n) is 14.0. The van der Waals surface area contributed by atoms with E-state index in [2.05, 4.69) is 21.1 Å². The monoisotopic (exact) mass is 344 g/mol. The van der Waals surface area contributed by atoms with Gasteiger partial charge in [0.05, 0.1) is 6.54 Å². The van der Waals surface area contributed by atoms with Gasteiger partial charge in [0.1, 0.15) is 6.04 Å². The summed E-state index contributed by atoms with van der Waals surface area (Å²) in [6.45, 7) is 3.56. The Morgan fingerprint density at radius 1 is 1.16 bits per heavy atom. The maximum absolute atomic E-state index is 12.0. The first-order valence-corrected chi connectivity index (χ1v) is 7.88. The van der Waals surface area contributed by atoms with Crippen LogP contribution in [0.3, 0.4) is 0 Å². The van der Waals surface area contributed by atoms with Crippen LogP contribution in [0.4, 0.5) is 0 Å². The van der Waals surface area contributed by atoms with Crippen molar-refractivity contribution in [2.75, 3.05) is 13.1 Å². The van der Waals surface area contributed by atoms with E-state index in [1.807, 2.05) is 30.3 Å². The molecule has 0 aliphatic carbocycles. The molecule has 2 aromatic rings. The quantitative estimate of drug-likeness (QED) is 0.685. The molecule has 2 rings (SSSR count). The molecule has 8 heteroatoms. The number of hydrogen-bond donors (Lipinski definition) is 3. The van der Waals surface area contributed by atoms with E-state index < -0.39 is 17.9 Å². The second-order valence-corrected chi connectivity index (χ2v) is 5.31.